The molecule has 0 aliphatic heterocycles. The summed E-state index contributed by atoms with van der Waals surface area (Å²) in [5, 5.41) is 3.13. The Bertz CT molecular complexity index is 568. The zero-order valence-electron chi connectivity index (χ0n) is 15.0. The number of hydrogen-bond donors (Lipinski definition) is 1. The Kier molecular flexibility index (Phi) is 7.16. The first-order chi connectivity index (χ1) is 11.6. The van der Waals surface area contributed by atoms with Crippen molar-refractivity contribution < 1.29 is 14.3 Å². The highest BCUT2D eigenvalue weighted by molar-refractivity contribution is 5.92. The Morgan fingerprint density at radius 3 is 2.79 bits per heavy atom. The minimum atomic E-state index is -0.0287. The molecular formula is C20H29NO3. The quantitative estimate of drug-likeness (QED) is 0.762. The van der Waals surface area contributed by atoms with E-state index in [9.17, 15) is 4.79 Å². The molecule has 1 amide bonds. The van der Waals surface area contributed by atoms with Crippen LogP contribution in [0.5, 0.6) is 11.5 Å². The van der Waals surface area contributed by atoms with E-state index in [4.69, 9.17) is 9.47 Å². The second-order valence-electron chi connectivity index (χ2n) is 6.47. The van der Waals surface area contributed by atoms with Gasteiger partial charge in [-0.25, -0.2) is 0 Å². The van der Waals surface area contributed by atoms with Gasteiger partial charge in [0.1, 0.15) is 0 Å². The lowest BCUT2D eigenvalue weighted by Crippen LogP contribution is -2.40. The zero-order valence-corrected chi connectivity index (χ0v) is 15.0. The number of carbonyl (C=O) groups excluding carboxylic acids is 1. The molecular weight excluding hydrogens is 302 g/mol. The second-order valence-corrected chi connectivity index (χ2v) is 6.47. The van der Waals surface area contributed by atoms with Crippen LogP contribution in [0.15, 0.2) is 24.3 Å². The lowest BCUT2D eigenvalue weighted by molar-refractivity contribution is -0.117. The van der Waals surface area contributed by atoms with Crippen LogP contribution in [0, 0.1) is 5.92 Å². The van der Waals surface area contributed by atoms with E-state index in [-0.39, 0.29) is 5.91 Å². The van der Waals surface area contributed by atoms with Crippen molar-refractivity contribution >= 4 is 12.0 Å². The first-order valence-corrected chi connectivity index (χ1v) is 8.93. The highest BCUT2D eigenvalue weighted by atomic mass is 16.5. The molecule has 1 aliphatic rings. The predicted molar refractivity (Wildman–Crippen MR) is 97.4 cm³/mol. The third kappa shape index (κ3) is 5.29. The molecule has 1 fully saturated rings. The van der Waals surface area contributed by atoms with Gasteiger partial charge in [0, 0.05) is 12.1 Å². The molecule has 2 rings (SSSR count). The molecule has 0 radical (unpaired) electrons. The van der Waals surface area contributed by atoms with E-state index in [1.54, 1.807) is 13.2 Å². The summed E-state index contributed by atoms with van der Waals surface area (Å²) in [6.07, 6.45) is 9.12. The minimum Gasteiger partial charge on any atom is -0.493 e. The summed E-state index contributed by atoms with van der Waals surface area (Å²) in [6.45, 7) is 4.94. The van der Waals surface area contributed by atoms with E-state index < -0.39 is 0 Å². The smallest absolute Gasteiger partial charge is 0.244 e. The van der Waals surface area contributed by atoms with Gasteiger partial charge in [-0.15, -0.1) is 0 Å². The van der Waals surface area contributed by atoms with E-state index >= 15 is 0 Å². The van der Waals surface area contributed by atoms with Crippen LogP contribution in [0.1, 0.15) is 51.5 Å². The van der Waals surface area contributed by atoms with Gasteiger partial charge in [0.2, 0.25) is 5.91 Å². The summed E-state index contributed by atoms with van der Waals surface area (Å²) < 4.78 is 11.0. The first-order valence-electron chi connectivity index (χ1n) is 8.93. The largest absolute Gasteiger partial charge is 0.493 e. The molecule has 132 valence electrons. The first kappa shape index (κ1) is 18.4. The maximum atomic E-state index is 12.1. The monoisotopic (exact) mass is 331 g/mol. The average molecular weight is 331 g/mol. The summed E-state index contributed by atoms with van der Waals surface area (Å²) in [5.74, 6) is 1.95. The van der Waals surface area contributed by atoms with Gasteiger partial charge in [-0.1, -0.05) is 32.8 Å². The van der Waals surface area contributed by atoms with E-state index in [0.717, 1.165) is 24.2 Å². The molecule has 0 saturated heterocycles. The number of rotatable bonds is 7. The normalized spacial score (nSPS) is 20.8. The summed E-state index contributed by atoms with van der Waals surface area (Å²) in [7, 11) is 1.62. The van der Waals surface area contributed by atoms with Crippen molar-refractivity contribution in [2.45, 2.75) is 52.0 Å². The minimum absolute atomic E-state index is 0.0287. The molecule has 0 unspecified atom stereocenters. The van der Waals surface area contributed by atoms with Gasteiger partial charge in [0.15, 0.2) is 11.5 Å². The summed E-state index contributed by atoms with van der Waals surface area (Å²) in [6, 6.07) is 6.00. The van der Waals surface area contributed by atoms with E-state index in [0.29, 0.717) is 24.3 Å². The SMILES string of the molecule is CCCOc1ccc(/C=C/C(=O)N[C@@H]2CCCC[C@H]2C)cc1OC. The fourth-order valence-corrected chi connectivity index (χ4v) is 3.05. The fraction of sp³-hybridized carbons (Fsp3) is 0.550. The van der Waals surface area contributed by atoms with Crippen molar-refractivity contribution in [3.05, 3.63) is 29.8 Å². The third-order valence-corrected chi connectivity index (χ3v) is 4.52. The van der Waals surface area contributed by atoms with Crippen LogP contribution >= 0.6 is 0 Å². The van der Waals surface area contributed by atoms with Gasteiger partial charge >= 0.3 is 0 Å². The third-order valence-electron chi connectivity index (χ3n) is 4.52. The van der Waals surface area contributed by atoms with Crippen molar-refractivity contribution in [3.63, 3.8) is 0 Å². The second kappa shape index (κ2) is 9.36. The topological polar surface area (TPSA) is 47.6 Å². The number of methoxy groups -OCH3 is 1. The molecule has 1 N–H and O–H groups in total. The average Bonchev–Trinajstić information content (AvgIpc) is 2.60. The van der Waals surface area contributed by atoms with E-state index in [1.807, 2.05) is 24.3 Å². The fourth-order valence-electron chi connectivity index (χ4n) is 3.05. The van der Waals surface area contributed by atoms with Gasteiger partial charge in [0.05, 0.1) is 13.7 Å². The number of benzene rings is 1. The lowest BCUT2D eigenvalue weighted by atomic mass is 9.86. The standard InChI is InChI=1S/C20H29NO3/c1-4-13-24-18-11-9-16(14-19(18)23-3)10-12-20(22)21-17-8-6-5-7-15(17)2/h9-12,14-15,17H,4-8,13H2,1-3H3,(H,21,22)/b12-10+/t15-,17-/m1/s1. The molecule has 1 saturated carbocycles. The van der Waals surface area contributed by atoms with Crippen LogP contribution in [-0.2, 0) is 4.79 Å². The predicted octanol–water partition coefficient (Wildman–Crippen LogP) is 4.19. The Morgan fingerprint density at radius 2 is 2.08 bits per heavy atom. The van der Waals surface area contributed by atoms with Crippen LogP contribution in [0.25, 0.3) is 6.08 Å². The van der Waals surface area contributed by atoms with Crippen LogP contribution in [-0.4, -0.2) is 25.7 Å². The van der Waals surface area contributed by atoms with Gasteiger partial charge < -0.3 is 14.8 Å². The number of nitrogens with one attached hydrogen (secondary N) is 1. The van der Waals surface area contributed by atoms with E-state index in [2.05, 4.69) is 19.2 Å². The van der Waals surface area contributed by atoms with Crippen molar-refractivity contribution in [2.24, 2.45) is 5.92 Å². The zero-order chi connectivity index (χ0) is 17.4. The number of carbonyl (C=O) groups is 1. The van der Waals surface area contributed by atoms with Gasteiger partial charge in [-0.2, -0.15) is 0 Å². The van der Waals surface area contributed by atoms with E-state index in [1.165, 1.54) is 19.3 Å². The van der Waals surface area contributed by atoms with Gasteiger partial charge in [-0.05, 0) is 49.0 Å². The highest BCUT2D eigenvalue weighted by Crippen LogP contribution is 2.28. The molecule has 4 nitrogen and oxygen atoms in total. The van der Waals surface area contributed by atoms with Crippen molar-refractivity contribution in [2.75, 3.05) is 13.7 Å². The molecule has 1 aromatic rings. The molecule has 0 bridgehead atoms. The van der Waals surface area contributed by atoms with Crippen LogP contribution in [0.3, 0.4) is 0 Å². The van der Waals surface area contributed by atoms with Crippen molar-refractivity contribution in [1.82, 2.24) is 5.32 Å². The summed E-state index contributed by atoms with van der Waals surface area (Å²) in [5.41, 5.74) is 0.919. The molecule has 0 aromatic heterocycles. The van der Waals surface area contributed by atoms with Crippen molar-refractivity contribution in [3.8, 4) is 11.5 Å². The van der Waals surface area contributed by atoms with Gasteiger partial charge in [-0.3, -0.25) is 4.79 Å². The molecule has 4 heteroatoms. The van der Waals surface area contributed by atoms with Crippen molar-refractivity contribution in [1.29, 1.82) is 0 Å². The van der Waals surface area contributed by atoms with Gasteiger partial charge in [0.25, 0.3) is 0 Å². The molecule has 1 aliphatic carbocycles. The molecule has 0 heterocycles. The maximum Gasteiger partial charge on any atom is 0.244 e. The number of amides is 1. The number of ether oxygens (including phenoxy) is 2. The Balaban J connectivity index is 1.96. The molecule has 24 heavy (non-hydrogen) atoms. The summed E-state index contributed by atoms with van der Waals surface area (Å²) >= 11 is 0. The molecule has 1 aromatic carbocycles. The Labute approximate surface area is 145 Å². The maximum absolute atomic E-state index is 12.1. The van der Waals surface area contributed by atoms with Crippen LogP contribution in [0.4, 0.5) is 0 Å². The Morgan fingerprint density at radius 1 is 1.29 bits per heavy atom. The lowest BCUT2D eigenvalue weighted by Gasteiger charge is -2.29. The number of hydrogen-bond acceptors (Lipinski definition) is 3. The van der Waals surface area contributed by atoms with Crippen LogP contribution < -0.4 is 14.8 Å². The highest BCUT2D eigenvalue weighted by Gasteiger charge is 2.21. The summed E-state index contributed by atoms with van der Waals surface area (Å²) in [4.78, 5) is 12.1. The van der Waals surface area contributed by atoms with Crippen LogP contribution in [0.2, 0.25) is 0 Å². The Hall–Kier alpha value is -1.97. The molecule has 2 atom stereocenters. The molecule has 0 spiro atoms.